The lowest BCUT2D eigenvalue weighted by atomic mass is 10.1. The van der Waals surface area contributed by atoms with E-state index >= 15 is 0 Å². The van der Waals surface area contributed by atoms with E-state index in [0.717, 1.165) is 17.0 Å². The summed E-state index contributed by atoms with van der Waals surface area (Å²) in [6, 6.07) is 11.7. The van der Waals surface area contributed by atoms with Crippen LogP contribution in [0.25, 0.3) is 11.3 Å². The lowest BCUT2D eigenvalue weighted by Crippen LogP contribution is -2.29. The van der Waals surface area contributed by atoms with Gasteiger partial charge in [-0.15, -0.1) is 0 Å². The molecule has 102 valence electrons. The molecule has 0 fully saturated rings. The van der Waals surface area contributed by atoms with Crippen LogP contribution in [-0.2, 0) is 6.54 Å². The van der Waals surface area contributed by atoms with Crippen LogP contribution in [0.3, 0.4) is 0 Å². The number of aliphatic hydroxyl groups is 2. The Labute approximate surface area is 112 Å². The van der Waals surface area contributed by atoms with Crippen LogP contribution >= 0.6 is 0 Å². The summed E-state index contributed by atoms with van der Waals surface area (Å²) in [5.41, 5.74) is 1.78. The fourth-order valence-electron chi connectivity index (χ4n) is 1.91. The molecule has 1 aromatic carbocycles. The molecule has 1 heterocycles. The molecule has 5 heteroatoms. The van der Waals surface area contributed by atoms with Crippen LogP contribution < -0.4 is 0 Å². The maximum Gasteiger partial charge on any atom is 0.167 e. The summed E-state index contributed by atoms with van der Waals surface area (Å²) in [4.78, 5) is 1.92. The molecule has 0 amide bonds. The average molecular weight is 262 g/mol. The van der Waals surface area contributed by atoms with Crippen LogP contribution in [0.1, 0.15) is 5.69 Å². The van der Waals surface area contributed by atoms with E-state index in [0.29, 0.717) is 19.6 Å². The molecule has 0 saturated heterocycles. The topological polar surface area (TPSA) is 69.7 Å². The van der Waals surface area contributed by atoms with Gasteiger partial charge in [-0.25, -0.2) is 0 Å². The van der Waals surface area contributed by atoms with Gasteiger partial charge >= 0.3 is 0 Å². The first kappa shape index (κ1) is 13.7. The first-order valence-electron chi connectivity index (χ1n) is 6.28. The van der Waals surface area contributed by atoms with Gasteiger partial charge in [0, 0.05) is 31.3 Å². The summed E-state index contributed by atoms with van der Waals surface area (Å²) < 4.78 is 5.31. The zero-order chi connectivity index (χ0) is 13.5. The van der Waals surface area contributed by atoms with Gasteiger partial charge in [0.2, 0.25) is 0 Å². The monoisotopic (exact) mass is 262 g/mol. The fraction of sp³-hybridized carbons (Fsp3) is 0.357. The van der Waals surface area contributed by atoms with E-state index < -0.39 is 0 Å². The highest BCUT2D eigenvalue weighted by Crippen LogP contribution is 2.20. The van der Waals surface area contributed by atoms with E-state index in [4.69, 9.17) is 14.7 Å². The molecule has 0 atom stereocenters. The molecular weight excluding hydrogens is 244 g/mol. The van der Waals surface area contributed by atoms with Gasteiger partial charge in [0.05, 0.1) is 18.9 Å². The van der Waals surface area contributed by atoms with Crippen molar-refractivity contribution in [2.45, 2.75) is 6.54 Å². The molecule has 19 heavy (non-hydrogen) atoms. The molecule has 0 unspecified atom stereocenters. The lowest BCUT2D eigenvalue weighted by Gasteiger charge is -2.17. The van der Waals surface area contributed by atoms with Gasteiger partial charge in [-0.3, -0.25) is 4.90 Å². The maximum atomic E-state index is 8.96. The van der Waals surface area contributed by atoms with Crippen LogP contribution in [0.15, 0.2) is 40.9 Å². The van der Waals surface area contributed by atoms with Crippen LogP contribution in [0.2, 0.25) is 0 Å². The normalized spacial score (nSPS) is 11.1. The van der Waals surface area contributed by atoms with Gasteiger partial charge in [-0.1, -0.05) is 35.5 Å². The Balaban J connectivity index is 2.04. The molecule has 0 bridgehead atoms. The minimum atomic E-state index is 0.0589. The molecule has 2 rings (SSSR count). The number of benzene rings is 1. The molecule has 0 radical (unpaired) electrons. The molecule has 0 spiro atoms. The first-order chi connectivity index (χ1) is 9.33. The second-order valence-electron chi connectivity index (χ2n) is 4.27. The average Bonchev–Trinajstić information content (AvgIpc) is 2.89. The van der Waals surface area contributed by atoms with E-state index in [9.17, 15) is 0 Å². The zero-order valence-electron chi connectivity index (χ0n) is 10.7. The molecule has 0 aliphatic heterocycles. The quantitative estimate of drug-likeness (QED) is 0.782. The minimum absolute atomic E-state index is 0.0589. The predicted octanol–water partition coefficient (Wildman–Crippen LogP) is 1.13. The number of hydrogen-bond acceptors (Lipinski definition) is 5. The van der Waals surface area contributed by atoms with E-state index in [2.05, 4.69) is 5.16 Å². The summed E-state index contributed by atoms with van der Waals surface area (Å²) in [5, 5.41) is 21.9. The van der Waals surface area contributed by atoms with Crippen molar-refractivity contribution in [3.63, 3.8) is 0 Å². The van der Waals surface area contributed by atoms with Crippen LogP contribution in [0.5, 0.6) is 0 Å². The van der Waals surface area contributed by atoms with Crippen LogP contribution in [0, 0.1) is 0 Å². The number of rotatable bonds is 7. The number of hydrogen-bond donors (Lipinski definition) is 2. The second kappa shape index (κ2) is 7.04. The Bertz CT molecular complexity index is 478. The molecule has 0 saturated carbocycles. The molecule has 0 aliphatic carbocycles. The predicted molar refractivity (Wildman–Crippen MR) is 71.4 cm³/mol. The SMILES string of the molecule is OCCN(CCO)Cc1cc(-c2ccccc2)on1. The molecule has 0 aliphatic rings. The number of aliphatic hydroxyl groups excluding tert-OH is 2. The Morgan fingerprint density at radius 2 is 1.74 bits per heavy atom. The van der Waals surface area contributed by atoms with Gasteiger partial charge in [0.25, 0.3) is 0 Å². The highest BCUT2D eigenvalue weighted by atomic mass is 16.5. The summed E-state index contributed by atoms with van der Waals surface area (Å²) in [6.45, 7) is 1.69. The van der Waals surface area contributed by atoms with Crippen molar-refractivity contribution in [2.75, 3.05) is 26.3 Å². The third kappa shape index (κ3) is 3.89. The van der Waals surface area contributed by atoms with Gasteiger partial charge in [-0.05, 0) is 0 Å². The van der Waals surface area contributed by atoms with Gasteiger partial charge in [-0.2, -0.15) is 0 Å². The molecule has 1 aromatic heterocycles. The Morgan fingerprint density at radius 3 is 2.37 bits per heavy atom. The molecule has 2 N–H and O–H groups in total. The molecule has 5 nitrogen and oxygen atoms in total. The number of nitrogens with zero attached hydrogens (tertiary/aromatic N) is 2. The largest absolute Gasteiger partial charge is 0.395 e. The van der Waals surface area contributed by atoms with Crippen molar-refractivity contribution in [3.05, 3.63) is 42.1 Å². The van der Waals surface area contributed by atoms with Crippen molar-refractivity contribution >= 4 is 0 Å². The summed E-state index contributed by atoms with van der Waals surface area (Å²) >= 11 is 0. The summed E-state index contributed by atoms with van der Waals surface area (Å²) in [5.74, 6) is 0.726. The first-order valence-corrected chi connectivity index (χ1v) is 6.28. The van der Waals surface area contributed by atoms with Crippen molar-refractivity contribution in [3.8, 4) is 11.3 Å². The van der Waals surface area contributed by atoms with Crippen molar-refractivity contribution in [1.29, 1.82) is 0 Å². The van der Waals surface area contributed by atoms with Gasteiger partial charge < -0.3 is 14.7 Å². The van der Waals surface area contributed by atoms with Crippen LogP contribution in [-0.4, -0.2) is 46.6 Å². The second-order valence-corrected chi connectivity index (χ2v) is 4.27. The van der Waals surface area contributed by atoms with Crippen LogP contribution in [0.4, 0.5) is 0 Å². The van der Waals surface area contributed by atoms with E-state index in [1.807, 2.05) is 41.3 Å². The number of aromatic nitrogens is 1. The third-order valence-corrected chi connectivity index (χ3v) is 2.84. The van der Waals surface area contributed by atoms with Crippen molar-refractivity contribution < 1.29 is 14.7 Å². The molecule has 2 aromatic rings. The minimum Gasteiger partial charge on any atom is -0.395 e. The van der Waals surface area contributed by atoms with Crippen molar-refractivity contribution in [2.24, 2.45) is 0 Å². The standard InChI is InChI=1S/C14H18N2O3/c17-8-6-16(7-9-18)11-13-10-14(19-15-13)12-4-2-1-3-5-12/h1-5,10,17-18H,6-9,11H2. The maximum absolute atomic E-state index is 8.96. The van der Waals surface area contributed by atoms with E-state index in [1.165, 1.54) is 0 Å². The van der Waals surface area contributed by atoms with E-state index in [-0.39, 0.29) is 13.2 Å². The highest BCUT2D eigenvalue weighted by Gasteiger charge is 2.10. The van der Waals surface area contributed by atoms with Gasteiger partial charge in [0.15, 0.2) is 5.76 Å². The Morgan fingerprint density at radius 1 is 1.05 bits per heavy atom. The molecular formula is C14H18N2O3. The fourth-order valence-corrected chi connectivity index (χ4v) is 1.91. The summed E-state index contributed by atoms with van der Waals surface area (Å²) in [7, 11) is 0. The smallest absolute Gasteiger partial charge is 0.167 e. The zero-order valence-corrected chi connectivity index (χ0v) is 10.7. The van der Waals surface area contributed by atoms with E-state index in [1.54, 1.807) is 0 Å². The van der Waals surface area contributed by atoms with Gasteiger partial charge in [0.1, 0.15) is 0 Å². The third-order valence-electron chi connectivity index (χ3n) is 2.84. The van der Waals surface area contributed by atoms with Crippen molar-refractivity contribution in [1.82, 2.24) is 10.1 Å². The highest BCUT2D eigenvalue weighted by molar-refractivity contribution is 5.56. The summed E-state index contributed by atoms with van der Waals surface area (Å²) in [6.07, 6.45) is 0. The lowest BCUT2D eigenvalue weighted by molar-refractivity contribution is 0.153. The Hall–Kier alpha value is -1.69. The Kier molecular flexibility index (Phi) is 5.09.